The van der Waals surface area contributed by atoms with Gasteiger partial charge in [-0.25, -0.2) is 4.79 Å². The van der Waals surface area contributed by atoms with Gasteiger partial charge in [0.25, 0.3) is 0 Å². The smallest absolute Gasteiger partial charge is 0.319 e. The number of carbonyl (C=O) groups is 2. The molecule has 7 heteroatoms. The number of ether oxygens (including phenoxy) is 1. The lowest BCUT2D eigenvalue weighted by molar-refractivity contribution is -0.121. The first-order chi connectivity index (χ1) is 14.6. The molecule has 1 aromatic carbocycles. The van der Waals surface area contributed by atoms with E-state index in [1.54, 1.807) is 12.4 Å². The molecule has 0 aliphatic carbocycles. The molecule has 0 spiro atoms. The van der Waals surface area contributed by atoms with Gasteiger partial charge < -0.3 is 19.9 Å². The van der Waals surface area contributed by atoms with Crippen LogP contribution in [-0.2, 0) is 11.4 Å². The van der Waals surface area contributed by atoms with Gasteiger partial charge in [0.2, 0.25) is 5.91 Å². The monoisotopic (exact) mass is 410 g/mol. The Morgan fingerprint density at radius 3 is 2.60 bits per heavy atom. The molecule has 7 nitrogen and oxygen atoms in total. The molecule has 3 amide bonds. The number of nitrogens with one attached hydrogen (secondary N) is 1. The minimum Gasteiger partial charge on any atom is -0.489 e. The fraction of sp³-hybridized carbons (Fsp3) is 0.435. The van der Waals surface area contributed by atoms with Gasteiger partial charge in [-0.1, -0.05) is 12.1 Å². The first kappa shape index (κ1) is 21.6. The van der Waals surface area contributed by atoms with Crippen LogP contribution in [0.5, 0.6) is 5.75 Å². The van der Waals surface area contributed by atoms with Crippen LogP contribution < -0.4 is 10.1 Å². The van der Waals surface area contributed by atoms with Crippen molar-refractivity contribution >= 4 is 17.6 Å². The minimum absolute atomic E-state index is 0.00523. The zero-order valence-corrected chi connectivity index (χ0v) is 17.7. The summed E-state index contributed by atoms with van der Waals surface area (Å²) < 4.78 is 5.80. The van der Waals surface area contributed by atoms with Crippen molar-refractivity contribution in [1.82, 2.24) is 14.8 Å². The van der Waals surface area contributed by atoms with Gasteiger partial charge in [-0.3, -0.25) is 9.78 Å². The summed E-state index contributed by atoms with van der Waals surface area (Å²) in [5.74, 6) is 0.594. The van der Waals surface area contributed by atoms with Crippen molar-refractivity contribution in [3.05, 3.63) is 54.4 Å². The van der Waals surface area contributed by atoms with Gasteiger partial charge in [0.15, 0.2) is 0 Å². The molecular formula is C23H30N4O3. The highest BCUT2D eigenvalue weighted by atomic mass is 16.5. The number of amides is 3. The minimum atomic E-state index is -0.0919. The van der Waals surface area contributed by atoms with Crippen molar-refractivity contribution in [2.24, 2.45) is 5.92 Å². The van der Waals surface area contributed by atoms with Crippen LogP contribution in [0.15, 0.2) is 48.8 Å². The number of likely N-dealkylation sites (tertiary alicyclic amines) is 1. The van der Waals surface area contributed by atoms with E-state index in [2.05, 4.69) is 10.3 Å². The maximum atomic E-state index is 12.7. The van der Waals surface area contributed by atoms with E-state index in [1.165, 1.54) is 0 Å². The zero-order valence-electron chi connectivity index (χ0n) is 17.7. The predicted octanol–water partition coefficient (Wildman–Crippen LogP) is 3.77. The quantitative estimate of drug-likeness (QED) is 0.754. The van der Waals surface area contributed by atoms with Crippen LogP contribution in [0.4, 0.5) is 10.5 Å². The van der Waals surface area contributed by atoms with E-state index in [4.69, 9.17) is 4.74 Å². The summed E-state index contributed by atoms with van der Waals surface area (Å²) in [6.07, 6.45) is 4.85. The third kappa shape index (κ3) is 5.72. The van der Waals surface area contributed by atoms with Gasteiger partial charge in [0.05, 0.1) is 0 Å². The van der Waals surface area contributed by atoms with Crippen molar-refractivity contribution in [2.45, 2.75) is 33.3 Å². The van der Waals surface area contributed by atoms with Gasteiger partial charge >= 0.3 is 6.03 Å². The van der Waals surface area contributed by atoms with Crippen LogP contribution in [0.25, 0.3) is 0 Å². The molecule has 1 aliphatic heterocycles. The van der Waals surface area contributed by atoms with E-state index in [1.807, 2.05) is 60.0 Å². The summed E-state index contributed by atoms with van der Waals surface area (Å²) in [6.45, 7) is 7.02. The molecular weight excluding hydrogens is 380 g/mol. The molecule has 0 radical (unpaired) electrons. The standard InChI is InChI=1S/C23H30N4O3/c1-3-26(4-2)23(29)27-13-10-19(11-14-27)22(28)25-20-8-5-9-21(15-20)30-17-18-7-6-12-24-16-18/h5-9,12,15-16,19H,3-4,10-11,13-14,17H2,1-2H3,(H,25,28). The Morgan fingerprint density at radius 1 is 1.17 bits per heavy atom. The third-order valence-corrected chi connectivity index (χ3v) is 5.40. The van der Waals surface area contributed by atoms with Crippen molar-refractivity contribution < 1.29 is 14.3 Å². The number of aromatic nitrogens is 1. The molecule has 3 rings (SSSR count). The molecule has 1 saturated heterocycles. The Kier molecular flexibility index (Phi) is 7.65. The normalized spacial score (nSPS) is 14.3. The Bertz CT molecular complexity index is 831. The van der Waals surface area contributed by atoms with Crippen molar-refractivity contribution in [3.8, 4) is 5.75 Å². The second-order valence-corrected chi connectivity index (χ2v) is 7.38. The number of hydrogen-bond acceptors (Lipinski definition) is 4. The van der Waals surface area contributed by atoms with Gasteiger partial charge in [-0.2, -0.15) is 0 Å². The number of nitrogens with zero attached hydrogens (tertiary/aromatic N) is 3. The van der Waals surface area contributed by atoms with Gasteiger partial charge in [0.1, 0.15) is 12.4 Å². The topological polar surface area (TPSA) is 74.8 Å². The first-order valence-electron chi connectivity index (χ1n) is 10.6. The fourth-order valence-electron chi connectivity index (χ4n) is 3.59. The van der Waals surface area contributed by atoms with E-state index in [0.717, 1.165) is 5.56 Å². The lowest BCUT2D eigenvalue weighted by Gasteiger charge is -2.34. The number of urea groups is 1. The van der Waals surface area contributed by atoms with E-state index in [9.17, 15) is 9.59 Å². The number of benzene rings is 1. The second kappa shape index (κ2) is 10.6. The number of piperidine rings is 1. The average molecular weight is 411 g/mol. The molecule has 1 aliphatic rings. The lowest BCUT2D eigenvalue weighted by Crippen LogP contribution is -2.47. The molecule has 1 N–H and O–H groups in total. The Hall–Kier alpha value is -3.09. The summed E-state index contributed by atoms with van der Waals surface area (Å²) in [5.41, 5.74) is 1.70. The summed E-state index contributed by atoms with van der Waals surface area (Å²) in [5, 5.41) is 2.99. The zero-order chi connectivity index (χ0) is 21.3. The molecule has 0 unspecified atom stereocenters. The molecule has 0 bridgehead atoms. The van der Waals surface area contributed by atoms with Crippen LogP contribution in [0, 0.1) is 5.92 Å². The SMILES string of the molecule is CCN(CC)C(=O)N1CCC(C(=O)Nc2cccc(OCc3cccnc3)c2)CC1. The van der Waals surface area contributed by atoms with E-state index < -0.39 is 0 Å². The Balaban J connectivity index is 1.50. The van der Waals surface area contributed by atoms with Crippen LogP contribution in [0.1, 0.15) is 32.3 Å². The van der Waals surface area contributed by atoms with Crippen LogP contribution in [0.2, 0.25) is 0 Å². The molecule has 1 fully saturated rings. The van der Waals surface area contributed by atoms with Crippen LogP contribution in [-0.4, -0.2) is 52.9 Å². The number of hydrogen-bond donors (Lipinski definition) is 1. The molecule has 160 valence electrons. The summed E-state index contributed by atoms with van der Waals surface area (Å²) >= 11 is 0. The summed E-state index contributed by atoms with van der Waals surface area (Å²) in [6, 6.07) is 11.3. The third-order valence-electron chi connectivity index (χ3n) is 5.40. The maximum Gasteiger partial charge on any atom is 0.319 e. The molecule has 1 aromatic heterocycles. The molecule has 2 heterocycles. The van der Waals surface area contributed by atoms with Gasteiger partial charge in [-0.15, -0.1) is 0 Å². The predicted molar refractivity (Wildman–Crippen MR) is 116 cm³/mol. The van der Waals surface area contributed by atoms with Gasteiger partial charge in [0, 0.05) is 61.8 Å². The van der Waals surface area contributed by atoms with Crippen molar-refractivity contribution in [1.29, 1.82) is 0 Å². The van der Waals surface area contributed by atoms with E-state index in [-0.39, 0.29) is 17.9 Å². The highest BCUT2D eigenvalue weighted by Crippen LogP contribution is 2.23. The summed E-state index contributed by atoms with van der Waals surface area (Å²) in [4.78, 5) is 32.9. The average Bonchev–Trinajstić information content (AvgIpc) is 2.79. The number of anilines is 1. The second-order valence-electron chi connectivity index (χ2n) is 7.38. The van der Waals surface area contributed by atoms with Gasteiger partial charge in [-0.05, 0) is 44.9 Å². The number of carbonyl (C=O) groups excluding carboxylic acids is 2. The van der Waals surface area contributed by atoms with Crippen LogP contribution >= 0.6 is 0 Å². The highest BCUT2D eigenvalue weighted by molar-refractivity contribution is 5.93. The number of pyridine rings is 1. The molecule has 30 heavy (non-hydrogen) atoms. The molecule has 2 aromatic rings. The van der Waals surface area contributed by atoms with E-state index >= 15 is 0 Å². The summed E-state index contributed by atoms with van der Waals surface area (Å²) in [7, 11) is 0. The number of rotatable bonds is 7. The largest absolute Gasteiger partial charge is 0.489 e. The Labute approximate surface area is 178 Å². The lowest BCUT2D eigenvalue weighted by atomic mass is 9.96. The fourth-order valence-corrected chi connectivity index (χ4v) is 3.59. The maximum absolute atomic E-state index is 12.7. The van der Waals surface area contributed by atoms with Crippen molar-refractivity contribution in [2.75, 3.05) is 31.5 Å². The van der Waals surface area contributed by atoms with Crippen molar-refractivity contribution in [3.63, 3.8) is 0 Å². The highest BCUT2D eigenvalue weighted by Gasteiger charge is 2.28. The molecule has 0 atom stereocenters. The Morgan fingerprint density at radius 2 is 1.93 bits per heavy atom. The first-order valence-corrected chi connectivity index (χ1v) is 10.6. The van der Waals surface area contributed by atoms with E-state index in [0.29, 0.717) is 57.1 Å². The van der Waals surface area contributed by atoms with Crippen LogP contribution in [0.3, 0.4) is 0 Å². The molecule has 0 saturated carbocycles.